The fourth-order valence-corrected chi connectivity index (χ4v) is 2.68. The molecule has 1 heterocycles. The number of nitrogens with zero attached hydrogens (tertiary/aromatic N) is 2. The van der Waals surface area contributed by atoms with Crippen LogP contribution in [0, 0.1) is 6.92 Å². The van der Waals surface area contributed by atoms with Gasteiger partial charge in [-0.2, -0.15) is 0 Å². The van der Waals surface area contributed by atoms with Crippen LogP contribution < -0.4 is 5.32 Å². The van der Waals surface area contributed by atoms with Crippen molar-refractivity contribution in [1.82, 2.24) is 20.5 Å². The second-order valence-electron chi connectivity index (χ2n) is 5.21. The first-order chi connectivity index (χ1) is 8.99. The molecular weight excluding hydrogens is 264 g/mol. The van der Waals surface area contributed by atoms with Gasteiger partial charge in [-0.15, -0.1) is 5.10 Å². The number of carboxylic acids is 1. The minimum absolute atomic E-state index is 0.393. The van der Waals surface area contributed by atoms with Gasteiger partial charge in [0.1, 0.15) is 11.4 Å². The fraction of sp³-hybridized carbons (Fsp3) is 0.750. The van der Waals surface area contributed by atoms with Crippen molar-refractivity contribution < 1.29 is 9.90 Å². The van der Waals surface area contributed by atoms with Gasteiger partial charge in [0.15, 0.2) is 0 Å². The number of carbonyl (C=O) groups is 1. The average molecular weight is 284 g/mol. The predicted octanol–water partition coefficient (Wildman–Crippen LogP) is 1.58. The fourth-order valence-electron chi connectivity index (χ4n) is 1.89. The van der Waals surface area contributed by atoms with Crippen LogP contribution in [0.25, 0.3) is 0 Å². The first kappa shape index (κ1) is 14.3. The smallest absolute Gasteiger partial charge is 0.323 e. The molecule has 1 aliphatic carbocycles. The second-order valence-corrected chi connectivity index (χ2v) is 6.27. The van der Waals surface area contributed by atoms with E-state index in [4.69, 9.17) is 0 Å². The molecular formula is C12H20N4O2S. The highest BCUT2D eigenvalue weighted by Gasteiger charge is 2.37. The van der Waals surface area contributed by atoms with Gasteiger partial charge in [0.2, 0.25) is 5.16 Å². The van der Waals surface area contributed by atoms with Gasteiger partial charge in [-0.25, -0.2) is 4.98 Å². The largest absolute Gasteiger partial charge is 0.480 e. The molecule has 1 saturated carbocycles. The maximum absolute atomic E-state index is 11.4. The number of carboxylic acid groups (broad SMARTS) is 1. The van der Waals surface area contributed by atoms with E-state index in [0.29, 0.717) is 12.5 Å². The molecule has 19 heavy (non-hydrogen) atoms. The average Bonchev–Trinajstić information content (AvgIpc) is 3.05. The van der Waals surface area contributed by atoms with Gasteiger partial charge < -0.3 is 5.11 Å². The summed E-state index contributed by atoms with van der Waals surface area (Å²) in [6.45, 7) is 3.63. The number of aromatic nitrogens is 3. The van der Waals surface area contributed by atoms with Crippen LogP contribution in [0.2, 0.25) is 0 Å². The van der Waals surface area contributed by atoms with Gasteiger partial charge in [-0.3, -0.25) is 15.2 Å². The molecule has 0 radical (unpaired) electrons. The van der Waals surface area contributed by atoms with Crippen LogP contribution in [0.4, 0.5) is 0 Å². The minimum atomic E-state index is -0.809. The van der Waals surface area contributed by atoms with Crippen molar-refractivity contribution in [2.75, 3.05) is 5.75 Å². The summed E-state index contributed by atoms with van der Waals surface area (Å²) in [5, 5.41) is 20.1. The molecule has 1 aliphatic rings. The van der Waals surface area contributed by atoms with Crippen LogP contribution in [0.5, 0.6) is 0 Å². The number of rotatable bonds is 8. The lowest BCUT2D eigenvalue weighted by atomic mass is 9.96. The van der Waals surface area contributed by atoms with Crippen molar-refractivity contribution in [3.8, 4) is 0 Å². The quantitative estimate of drug-likeness (QED) is 0.496. The Morgan fingerprint density at radius 1 is 1.63 bits per heavy atom. The Morgan fingerprint density at radius 2 is 2.37 bits per heavy atom. The molecule has 0 amide bonds. The highest BCUT2D eigenvalue weighted by atomic mass is 32.2. The van der Waals surface area contributed by atoms with Crippen molar-refractivity contribution in [2.24, 2.45) is 0 Å². The molecule has 1 aromatic rings. The molecule has 6 nitrogen and oxygen atoms in total. The molecule has 1 unspecified atom stereocenters. The van der Waals surface area contributed by atoms with Gasteiger partial charge >= 0.3 is 5.97 Å². The van der Waals surface area contributed by atoms with Crippen molar-refractivity contribution in [1.29, 1.82) is 0 Å². The molecule has 0 spiro atoms. The molecule has 0 bridgehead atoms. The third kappa shape index (κ3) is 4.21. The van der Waals surface area contributed by atoms with Gasteiger partial charge in [-0.05, 0) is 39.5 Å². The Bertz CT molecular complexity index is 447. The molecule has 1 aromatic heterocycles. The van der Waals surface area contributed by atoms with E-state index in [1.54, 1.807) is 18.7 Å². The minimum Gasteiger partial charge on any atom is -0.480 e. The van der Waals surface area contributed by atoms with E-state index >= 15 is 0 Å². The van der Waals surface area contributed by atoms with Crippen molar-refractivity contribution in [3.05, 3.63) is 5.82 Å². The highest BCUT2D eigenvalue weighted by Crippen LogP contribution is 2.26. The van der Waals surface area contributed by atoms with E-state index in [9.17, 15) is 9.90 Å². The zero-order valence-electron chi connectivity index (χ0n) is 11.3. The lowest BCUT2D eigenvalue weighted by molar-refractivity contribution is -0.144. The Balaban J connectivity index is 1.74. The Labute approximate surface area is 116 Å². The summed E-state index contributed by atoms with van der Waals surface area (Å²) in [4.78, 5) is 15.6. The molecule has 0 saturated heterocycles. The summed E-state index contributed by atoms with van der Waals surface area (Å²) in [5.41, 5.74) is -0.809. The number of nitrogens with one attached hydrogen (secondary N) is 2. The van der Waals surface area contributed by atoms with Gasteiger partial charge in [0.05, 0.1) is 0 Å². The first-order valence-corrected chi connectivity index (χ1v) is 7.51. The van der Waals surface area contributed by atoms with E-state index < -0.39 is 11.5 Å². The van der Waals surface area contributed by atoms with Crippen LogP contribution >= 0.6 is 11.8 Å². The summed E-state index contributed by atoms with van der Waals surface area (Å²) in [5.74, 6) is 0.860. The van der Waals surface area contributed by atoms with Gasteiger partial charge in [0.25, 0.3) is 0 Å². The van der Waals surface area contributed by atoms with Crippen LogP contribution in [0.15, 0.2) is 5.16 Å². The van der Waals surface area contributed by atoms with Crippen molar-refractivity contribution >= 4 is 17.7 Å². The lowest BCUT2D eigenvalue weighted by Gasteiger charge is -2.26. The van der Waals surface area contributed by atoms with Crippen LogP contribution in [0.3, 0.4) is 0 Å². The summed E-state index contributed by atoms with van der Waals surface area (Å²) in [7, 11) is 0. The maximum atomic E-state index is 11.4. The molecule has 3 N–H and O–H groups in total. The van der Waals surface area contributed by atoms with Crippen LogP contribution in [-0.4, -0.2) is 43.6 Å². The third-order valence-electron chi connectivity index (χ3n) is 3.20. The molecule has 0 aliphatic heterocycles. The molecule has 1 atom stereocenters. The van der Waals surface area contributed by atoms with Crippen LogP contribution in [-0.2, 0) is 4.79 Å². The van der Waals surface area contributed by atoms with E-state index in [1.807, 2.05) is 6.92 Å². The SMILES string of the molecule is Cc1nc(SCCCC(C)(NC2CC2)C(=O)O)n[nH]1. The predicted molar refractivity (Wildman–Crippen MR) is 73.3 cm³/mol. The topological polar surface area (TPSA) is 90.9 Å². The molecule has 0 aromatic carbocycles. The first-order valence-electron chi connectivity index (χ1n) is 6.52. The number of aromatic amines is 1. The lowest BCUT2D eigenvalue weighted by Crippen LogP contribution is -2.50. The van der Waals surface area contributed by atoms with E-state index in [0.717, 1.165) is 36.0 Å². The number of hydrogen-bond acceptors (Lipinski definition) is 5. The number of thioether (sulfide) groups is 1. The summed E-state index contributed by atoms with van der Waals surface area (Å²) in [6.07, 6.45) is 3.62. The number of hydrogen-bond donors (Lipinski definition) is 3. The number of aryl methyl sites for hydroxylation is 1. The summed E-state index contributed by atoms with van der Waals surface area (Å²) < 4.78 is 0. The Hall–Kier alpha value is -1.08. The summed E-state index contributed by atoms with van der Waals surface area (Å²) in [6, 6.07) is 0.393. The Morgan fingerprint density at radius 3 is 2.89 bits per heavy atom. The zero-order chi connectivity index (χ0) is 13.9. The number of H-pyrrole nitrogens is 1. The standard InChI is InChI=1S/C12H20N4O2S/c1-8-13-11(16-15-8)19-7-3-6-12(2,10(17)18)14-9-4-5-9/h9,14H,3-7H2,1-2H3,(H,17,18)(H,13,15,16). The normalized spacial score (nSPS) is 18.2. The van der Waals surface area contributed by atoms with Gasteiger partial charge in [-0.1, -0.05) is 11.8 Å². The van der Waals surface area contributed by atoms with E-state index in [1.165, 1.54) is 0 Å². The summed E-state index contributed by atoms with van der Waals surface area (Å²) >= 11 is 1.55. The molecule has 7 heteroatoms. The second kappa shape index (κ2) is 5.92. The monoisotopic (exact) mass is 284 g/mol. The van der Waals surface area contributed by atoms with Crippen molar-refractivity contribution in [2.45, 2.75) is 56.3 Å². The van der Waals surface area contributed by atoms with Gasteiger partial charge in [0, 0.05) is 11.8 Å². The molecule has 1 fully saturated rings. The Kier molecular flexibility index (Phi) is 4.46. The number of aliphatic carboxylic acids is 1. The zero-order valence-corrected chi connectivity index (χ0v) is 12.1. The van der Waals surface area contributed by atoms with E-state index in [-0.39, 0.29) is 0 Å². The third-order valence-corrected chi connectivity index (χ3v) is 4.13. The molecule has 2 rings (SSSR count). The van der Waals surface area contributed by atoms with Crippen molar-refractivity contribution in [3.63, 3.8) is 0 Å². The highest BCUT2D eigenvalue weighted by molar-refractivity contribution is 7.99. The maximum Gasteiger partial charge on any atom is 0.323 e. The van der Waals surface area contributed by atoms with Crippen LogP contribution in [0.1, 0.15) is 38.4 Å². The van der Waals surface area contributed by atoms with E-state index in [2.05, 4.69) is 20.5 Å². The molecule has 106 valence electrons.